The summed E-state index contributed by atoms with van der Waals surface area (Å²) < 4.78 is 6.00. The summed E-state index contributed by atoms with van der Waals surface area (Å²) >= 11 is 0. The number of H-pyrrole nitrogens is 1. The Bertz CT molecular complexity index is 1720. The van der Waals surface area contributed by atoms with Gasteiger partial charge in [-0.3, -0.25) is 14.6 Å². The summed E-state index contributed by atoms with van der Waals surface area (Å²) in [4.78, 5) is 34.8. The molecular formula is C30H24N4O5. The molecule has 1 aliphatic heterocycles. The monoisotopic (exact) mass is 520 g/mol. The van der Waals surface area contributed by atoms with E-state index in [-0.39, 0.29) is 11.9 Å². The van der Waals surface area contributed by atoms with Crippen LogP contribution in [0.1, 0.15) is 27.0 Å². The molecule has 6 rings (SSSR count). The Balaban J connectivity index is 1.43. The highest BCUT2D eigenvalue weighted by molar-refractivity contribution is 6.12. The zero-order valence-corrected chi connectivity index (χ0v) is 20.9. The molecule has 0 saturated heterocycles. The molecule has 1 atom stereocenters. The number of ether oxygens (including phenoxy) is 1. The van der Waals surface area contributed by atoms with E-state index in [2.05, 4.69) is 9.97 Å². The Morgan fingerprint density at radius 1 is 1.00 bits per heavy atom. The molecule has 194 valence electrons. The van der Waals surface area contributed by atoms with Crippen molar-refractivity contribution in [2.75, 3.05) is 16.8 Å². The number of rotatable bonds is 6. The molecule has 2 heterocycles. The van der Waals surface area contributed by atoms with E-state index in [4.69, 9.17) is 4.74 Å². The number of carbonyl (C=O) groups is 2. The lowest BCUT2D eigenvalue weighted by Crippen LogP contribution is -2.45. The number of hydrogen-bond donors (Lipinski definition) is 3. The van der Waals surface area contributed by atoms with Crippen LogP contribution in [0.5, 0.6) is 5.75 Å². The molecule has 3 N–H and O–H groups in total. The number of aromatic amines is 1. The van der Waals surface area contributed by atoms with Gasteiger partial charge in [0.2, 0.25) is 5.95 Å². The summed E-state index contributed by atoms with van der Waals surface area (Å²) in [6, 6.07) is 28.8. The molecule has 5 aromatic rings. The molecule has 0 radical (unpaired) electrons. The standard InChI is InChI=1S/C30H24N4O5/c1-33(29(36)37)28-31-25-15-14-20(16-26(25)32-28)30(38)24-13-6-5-12-23(24)27(35)34(30)21-10-7-11-22(17-21)39-18-19-8-3-2-4-9-19/h2-17,38H,18H2,1H3,(H,31,32)(H,36,37). The number of aliphatic hydroxyl groups is 1. The number of benzene rings is 4. The Morgan fingerprint density at radius 3 is 2.56 bits per heavy atom. The maximum absolute atomic E-state index is 13.7. The van der Waals surface area contributed by atoms with Gasteiger partial charge in [0.15, 0.2) is 5.72 Å². The van der Waals surface area contributed by atoms with Gasteiger partial charge >= 0.3 is 6.09 Å². The van der Waals surface area contributed by atoms with Crippen LogP contribution in [0.3, 0.4) is 0 Å². The van der Waals surface area contributed by atoms with Crippen LogP contribution in [0.4, 0.5) is 16.4 Å². The predicted octanol–water partition coefficient (Wildman–Crippen LogP) is 5.11. The van der Waals surface area contributed by atoms with E-state index in [9.17, 15) is 19.8 Å². The number of carbonyl (C=O) groups excluding carboxylic acids is 1. The Kier molecular flexibility index (Phi) is 5.77. The molecule has 4 aromatic carbocycles. The minimum atomic E-state index is -1.84. The number of nitrogens with one attached hydrogen (secondary N) is 1. The third-order valence-electron chi connectivity index (χ3n) is 6.86. The van der Waals surface area contributed by atoms with Crippen molar-refractivity contribution in [1.29, 1.82) is 0 Å². The van der Waals surface area contributed by atoms with Crippen LogP contribution < -0.4 is 14.5 Å². The molecule has 0 saturated carbocycles. The zero-order valence-electron chi connectivity index (χ0n) is 20.9. The van der Waals surface area contributed by atoms with Crippen LogP contribution in [0.15, 0.2) is 97.1 Å². The molecular weight excluding hydrogens is 496 g/mol. The van der Waals surface area contributed by atoms with E-state index < -0.39 is 11.8 Å². The van der Waals surface area contributed by atoms with Crippen molar-refractivity contribution in [3.8, 4) is 5.75 Å². The molecule has 9 nitrogen and oxygen atoms in total. The maximum atomic E-state index is 13.7. The highest BCUT2D eigenvalue weighted by atomic mass is 16.5. The number of nitrogens with zero attached hydrogens (tertiary/aromatic N) is 3. The first kappa shape index (κ1) is 24.2. The smallest absolute Gasteiger partial charge is 0.413 e. The topological polar surface area (TPSA) is 119 Å². The molecule has 1 aliphatic rings. The summed E-state index contributed by atoms with van der Waals surface area (Å²) in [7, 11) is 1.38. The highest BCUT2D eigenvalue weighted by Gasteiger charge is 2.50. The third-order valence-corrected chi connectivity index (χ3v) is 6.86. The van der Waals surface area contributed by atoms with E-state index in [1.54, 1.807) is 66.7 Å². The minimum absolute atomic E-state index is 0.143. The van der Waals surface area contributed by atoms with Crippen molar-refractivity contribution in [2.45, 2.75) is 12.3 Å². The van der Waals surface area contributed by atoms with Gasteiger partial charge in [0, 0.05) is 29.8 Å². The van der Waals surface area contributed by atoms with E-state index in [1.807, 2.05) is 30.3 Å². The van der Waals surface area contributed by atoms with Crippen LogP contribution in [-0.4, -0.2) is 39.2 Å². The largest absolute Gasteiger partial charge is 0.489 e. The normalized spacial score (nSPS) is 16.4. The number of imidazole rings is 1. The number of anilines is 2. The molecule has 2 amide bonds. The third kappa shape index (κ3) is 4.05. The van der Waals surface area contributed by atoms with Crippen molar-refractivity contribution < 1.29 is 24.5 Å². The minimum Gasteiger partial charge on any atom is -0.489 e. The number of amides is 2. The number of fused-ring (bicyclic) bond motifs is 2. The van der Waals surface area contributed by atoms with Gasteiger partial charge in [0.1, 0.15) is 12.4 Å². The van der Waals surface area contributed by atoms with Gasteiger partial charge in [0.25, 0.3) is 5.91 Å². The first-order valence-corrected chi connectivity index (χ1v) is 12.3. The first-order valence-electron chi connectivity index (χ1n) is 12.3. The van der Waals surface area contributed by atoms with E-state index in [0.29, 0.717) is 45.8 Å². The Morgan fingerprint density at radius 2 is 1.77 bits per heavy atom. The van der Waals surface area contributed by atoms with Crippen LogP contribution in [-0.2, 0) is 12.3 Å². The lowest BCUT2D eigenvalue weighted by atomic mass is 9.93. The molecule has 0 aliphatic carbocycles. The quantitative estimate of drug-likeness (QED) is 0.286. The molecule has 0 bridgehead atoms. The highest BCUT2D eigenvalue weighted by Crippen LogP contribution is 2.46. The maximum Gasteiger partial charge on any atom is 0.413 e. The van der Waals surface area contributed by atoms with Gasteiger partial charge in [-0.1, -0.05) is 60.7 Å². The van der Waals surface area contributed by atoms with Crippen LogP contribution >= 0.6 is 0 Å². The summed E-state index contributed by atoms with van der Waals surface area (Å²) in [5, 5.41) is 21.7. The molecule has 0 fully saturated rings. The van der Waals surface area contributed by atoms with Gasteiger partial charge in [-0.05, 0) is 35.9 Å². The van der Waals surface area contributed by atoms with Crippen LogP contribution in [0.25, 0.3) is 11.0 Å². The summed E-state index contributed by atoms with van der Waals surface area (Å²) in [6.07, 6.45) is -1.16. The average molecular weight is 521 g/mol. The van der Waals surface area contributed by atoms with Gasteiger partial charge in [0.05, 0.1) is 16.7 Å². The number of hydrogen-bond acceptors (Lipinski definition) is 5. The van der Waals surface area contributed by atoms with Crippen molar-refractivity contribution in [3.05, 3.63) is 119 Å². The fraction of sp³-hybridized carbons (Fsp3) is 0.100. The molecule has 39 heavy (non-hydrogen) atoms. The summed E-state index contributed by atoms with van der Waals surface area (Å²) in [5.74, 6) is 0.335. The second-order valence-corrected chi connectivity index (χ2v) is 9.26. The summed E-state index contributed by atoms with van der Waals surface area (Å²) in [6.45, 7) is 0.354. The molecule has 1 aromatic heterocycles. The average Bonchev–Trinajstić information content (AvgIpc) is 3.49. The van der Waals surface area contributed by atoms with Gasteiger partial charge in [-0.2, -0.15) is 0 Å². The first-order chi connectivity index (χ1) is 18.9. The van der Waals surface area contributed by atoms with Crippen molar-refractivity contribution in [3.63, 3.8) is 0 Å². The lowest BCUT2D eigenvalue weighted by Gasteiger charge is -2.35. The van der Waals surface area contributed by atoms with E-state index in [0.717, 1.165) is 10.5 Å². The number of carboxylic acid groups (broad SMARTS) is 1. The van der Waals surface area contributed by atoms with E-state index in [1.165, 1.54) is 11.9 Å². The Labute approximate surface area is 223 Å². The van der Waals surface area contributed by atoms with Crippen LogP contribution in [0, 0.1) is 0 Å². The Hall–Kier alpha value is -5.15. The summed E-state index contributed by atoms with van der Waals surface area (Å²) in [5.41, 5.74) is 1.89. The van der Waals surface area contributed by atoms with Gasteiger partial charge in [-0.15, -0.1) is 0 Å². The second-order valence-electron chi connectivity index (χ2n) is 9.26. The van der Waals surface area contributed by atoms with Crippen LogP contribution in [0.2, 0.25) is 0 Å². The fourth-order valence-corrected chi connectivity index (χ4v) is 4.87. The molecule has 9 heteroatoms. The van der Waals surface area contributed by atoms with Crippen molar-refractivity contribution in [2.24, 2.45) is 0 Å². The molecule has 0 spiro atoms. The van der Waals surface area contributed by atoms with Gasteiger partial charge < -0.3 is 19.9 Å². The zero-order chi connectivity index (χ0) is 27.1. The lowest BCUT2D eigenvalue weighted by molar-refractivity contribution is 0.0703. The predicted molar refractivity (Wildman–Crippen MR) is 146 cm³/mol. The fourth-order valence-electron chi connectivity index (χ4n) is 4.87. The van der Waals surface area contributed by atoms with E-state index >= 15 is 0 Å². The molecule has 1 unspecified atom stereocenters. The van der Waals surface area contributed by atoms with Gasteiger partial charge in [-0.25, -0.2) is 9.78 Å². The number of aromatic nitrogens is 2. The van der Waals surface area contributed by atoms with Crippen molar-refractivity contribution in [1.82, 2.24) is 9.97 Å². The van der Waals surface area contributed by atoms with Crippen molar-refractivity contribution >= 4 is 34.7 Å². The second kappa shape index (κ2) is 9.30. The SMILES string of the molecule is CN(C(=O)O)c1nc2ccc(C3(O)c4ccccc4C(=O)N3c3cccc(OCc4ccccc4)c3)cc2[nH]1.